The third kappa shape index (κ3) is 5.25. The van der Waals surface area contributed by atoms with E-state index in [0.717, 1.165) is 27.8 Å². The normalized spacial score (nSPS) is 19.1. The maximum Gasteiger partial charge on any atom is 0.408 e. The zero-order valence-electron chi connectivity index (χ0n) is 22.2. The van der Waals surface area contributed by atoms with Crippen LogP contribution < -0.4 is 5.32 Å². The van der Waals surface area contributed by atoms with Crippen LogP contribution >= 0.6 is 0 Å². The van der Waals surface area contributed by atoms with Crippen LogP contribution in [0.1, 0.15) is 36.0 Å². The molecule has 0 spiro atoms. The van der Waals surface area contributed by atoms with E-state index in [1.807, 2.05) is 66.7 Å². The molecule has 5 rings (SSSR count). The quantitative estimate of drug-likeness (QED) is 0.458. The predicted octanol–water partition coefficient (Wildman–Crippen LogP) is 4.10. The molecular weight excluding hydrogens is 494 g/mol. The molecular formula is C31H33N3O5. The van der Waals surface area contributed by atoms with Crippen molar-refractivity contribution in [2.75, 3.05) is 26.7 Å². The van der Waals surface area contributed by atoms with Gasteiger partial charge in [-0.1, -0.05) is 78.9 Å². The smallest absolute Gasteiger partial charge is 0.408 e. The molecule has 0 saturated carbocycles. The van der Waals surface area contributed by atoms with Gasteiger partial charge in [0.2, 0.25) is 5.91 Å². The number of alkyl carbamates (subject to hydrolysis) is 1. The van der Waals surface area contributed by atoms with Crippen LogP contribution in [0.4, 0.5) is 4.79 Å². The van der Waals surface area contributed by atoms with Crippen LogP contribution in [0.2, 0.25) is 0 Å². The van der Waals surface area contributed by atoms with Crippen LogP contribution in [-0.4, -0.2) is 71.2 Å². The Morgan fingerprint density at radius 2 is 1.59 bits per heavy atom. The van der Waals surface area contributed by atoms with Crippen LogP contribution in [0.25, 0.3) is 11.1 Å². The number of nitrogens with one attached hydrogen (secondary N) is 1. The first-order valence-corrected chi connectivity index (χ1v) is 13.2. The molecule has 2 atom stereocenters. The fourth-order valence-electron chi connectivity index (χ4n) is 5.70. The summed E-state index contributed by atoms with van der Waals surface area (Å²) < 4.78 is 5.76. The first-order valence-electron chi connectivity index (χ1n) is 13.2. The Morgan fingerprint density at radius 3 is 2.21 bits per heavy atom. The van der Waals surface area contributed by atoms with E-state index in [0.29, 0.717) is 19.5 Å². The molecule has 202 valence electrons. The maximum atomic E-state index is 13.7. The van der Waals surface area contributed by atoms with Crippen LogP contribution in [0.5, 0.6) is 0 Å². The highest BCUT2D eigenvalue weighted by Crippen LogP contribution is 2.44. The molecule has 1 heterocycles. The lowest BCUT2D eigenvalue weighted by Gasteiger charge is -2.34. The summed E-state index contributed by atoms with van der Waals surface area (Å²) in [5.74, 6) is -1.66. The van der Waals surface area contributed by atoms with E-state index in [2.05, 4.69) is 22.3 Å². The van der Waals surface area contributed by atoms with Crippen LogP contribution in [0.15, 0.2) is 78.9 Å². The molecule has 1 saturated heterocycles. The highest BCUT2D eigenvalue weighted by molar-refractivity contribution is 5.93. The number of carboxylic acid groups (broad SMARTS) is 1. The van der Waals surface area contributed by atoms with E-state index in [1.165, 1.54) is 18.9 Å². The fraction of sp³-hybridized carbons (Fsp3) is 0.323. The van der Waals surface area contributed by atoms with Gasteiger partial charge in [0.05, 0.1) is 0 Å². The second-order valence-corrected chi connectivity index (χ2v) is 10.4. The van der Waals surface area contributed by atoms with Gasteiger partial charge < -0.3 is 20.1 Å². The van der Waals surface area contributed by atoms with Gasteiger partial charge in [-0.2, -0.15) is 0 Å². The lowest BCUT2D eigenvalue weighted by atomic mass is 9.96. The Balaban J connectivity index is 1.33. The van der Waals surface area contributed by atoms with Gasteiger partial charge >= 0.3 is 12.1 Å². The number of likely N-dealkylation sites (tertiary alicyclic amines) is 1. The third-order valence-electron chi connectivity index (χ3n) is 7.95. The van der Waals surface area contributed by atoms with Gasteiger partial charge in [0.15, 0.2) is 0 Å². The largest absolute Gasteiger partial charge is 0.480 e. The minimum atomic E-state index is -1.30. The molecule has 8 nitrogen and oxygen atoms in total. The zero-order chi connectivity index (χ0) is 27.6. The van der Waals surface area contributed by atoms with Gasteiger partial charge in [-0.3, -0.25) is 9.69 Å². The maximum absolute atomic E-state index is 13.7. The van der Waals surface area contributed by atoms with Crippen molar-refractivity contribution in [3.63, 3.8) is 0 Å². The molecule has 0 aromatic heterocycles. The molecule has 3 aromatic carbocycles. The van der Waals surface area contributed by atoms with Crippen LogP contribution in [-0.2, 0) is 20.9 Å². The van der Waals surface area contributed by atoms with E-state index < -0.39 is 29.6 Å². The summed E-state index contributed by atoms with van der Waals surface area (Å²) in [7, 11) is 1.46. The van der Waals surface area contributed by atoms with Crippen molar-refractivity contribution in [3.8, 4) is 11.1 Å². The number of nitrogens with zero attached hydrogens (tertiary/aromatic N) is 2. The second-order valence-electron chi connectivity index (χ2n) is 10.4. The molecule has 3 aromatic rings. The molecule has 39 heavy (non-hydrogen) atoms. The minimum absolute atomic E-state index is 0.109. The monoisotopic (exact) mass is 527 g/mol. The summed E-state index contributed by atoms with van der Waals surface area (Å²) in [5, 5.41) is 12.4. The van der Waals surface area contributed by atoms with Crippen molar-refractivity contribution in [3.05, 3.63) is 95.6 Å². The molecule has 1 aliphatic carbocycles. The van der Waals surface area contributed by atoms with Crippen molar-refractivity contribution in [1.82, 2.24) is 15.1 Å². The summed E-state index contributed by atoms with van der Waals surface area (Å²) in [6, 6.07) is 25.0. The third-order valence-corrected chi connectivity index (χ3v) is 7.95. The number of carbonyl (C=O) groups is 3. The molecule has 0 radical (unpaired) electrons. The highest BCUT2D eigenvalue weighted by atomic mass is 16.5. The summed E-state index contributed by atoms with van der Waals surface area (Å²) in [6.07, 6.45) is -0.345. The Hall–Kier alpha value is -4.17. The summed E-state index contributed by atoms with van der Waals surface area (Å²) in [6.45, 7) is 3.01. The van der Waals surface area contributed by atoms with Crippen LogP contribution in [0.3, 0.4) is 0 Å². The average molecular weight is 528 g/mol. The topological polar surface area (TPSA) is 99.2 Å². The summed E-state index contributed by atoms with van der Waals surface area (Å²) in [5.41, 5.74) is 4.25. The number of hydrogen-bond donors (Lipinski definition) is 2. The standard InChI is InChI=1S/C31H33N3O5/c1-21(28(35)36)33(2)29(37)31(16-17-34(20-31)18-22-10-4-3-5-11-22)32-30(38)39-19-27-25-14-8-6-12-23(25)24-13-7-9-15-26(24)27/h3-15,21,27H,16-20H2,1-2H3,(H,32,38)(H,35,36)/t21-,31?/m0/s1. The number of ether oxygens (including phenoxy) is 1. The zero-order valence-corrected chi connectivity index (χ0v) is 22.2. The van der Waals surface area contributed by atoms with Crippen molar-refractivity contribution in [2.45, 2.75) is 37.4 Å². The number of hydrogen-bond acceptors (Lipinski definition) is 5. The number of likely N-dealkylation sites (N-methyl/N-ethyl adjacent to an activating group) is 1. The van der Waals surface area contributed by atoms with Crippen molar-refractivity contribution >= 4 is 18.0 Å². The Kier molecular flexibility index (Phi) is 7.39. The Morgan fingerprint density at radius 1 is 1.00 bits per heavy atom. The van der Waals surface area contributed by atoms with Gasteiger partial charge in [0.1, 0.15) is 18.2 Å². The molecule has 2 aliphatic rings. The van der Waals surface area contributed by atoms with Crippen molar-refractivity contribution < 1.29 is 24.2 Å². The SMILES string of the molecule is C[C@@H](C(=O)O)N(C)C(=O)C1(NC(=O)OCC2c3ccccc3-c3ccccc32)CCN(Cc2ccccc2)C1. The molecule has 0 bridgehead atoms. The predicted molar refractivity (Wildman–Crippen MR) is 147 cm³/mol. The van der Waals surface area contributed by atoms with Gasteiger partial charge in [-0.25, -0.2) is 9.59 Å². The summed E-state index contributed by atoms with van der Waals surface area (Å²) in [4.78, 5) is 41.9. The van der Waals surface area contributed by atoms with Crippen molar-refractivity contribution in [2.24, 2.45) is 0 Å². The lowest BCUT2D eigenvalue weighted by molar-refractivity contribution is -0.150. The number of amides is 2. The molecule has 8 heteroatoms. The van der Waals surface area contributed by atoms with E-state index in [-0.39, 0.29) is 19.1 Å². The van der Waals surface area contributed by atoms with Gasteiger partial charge in [0.25, 0.3) is 0 Å². The molecule has 2 N–H and O–H groups in total. The number of benzene rings is 3. The first-order chi connectivity index (χ1) is 18.8. The first kappa shape index (κ1) is 26.4. The fourth-order valence-corrected chi connectivity index (χ4v) is 5.70. The molecule has 1 unspecified atom stereocenters. The van der Waals surface area contributed by atoms with Gasteiger partial charge in [-0.05, 0) is 41.2 Å². The minimum Gasteiger partial charge on any atom is -0.480 e. The second kappa shape index (κ2) is 10.9. The number of rotatable bonds is 8. The van der Waals surface area contributed by atoms with Crippen molar-refractivity contribution in [1.29, 1.82) is 0 Å². The van der Waals surface area contributed by atoms with Crippen LogP contribution in [0, 0.1) is 0 Å². The number of aliphatic carboxylic acids is 1. The average Bonchev–Trinajstić information content (AvgIpc) is 3.50. The lowest BCUT2D eigenvalue weighted by Crippen LogP contribution is -2.62. The number of fused-ring (bicyclic) bond motifs is 3. The van der Waals surface area contributed by atoms with E-state index in [1.54, 1.807) is 0 Å². The number of carboxylic acids is 1. The Labute approximate surface area is 228 Å². The molecule has 2 amide bonds. The van der Waals surface area contributed by atoms with E-state index in [9.17, 15) is 19.5 Å². The van der Waals surface area contributed by atoms with E-state index in [4.69, 9.17) is 4.74 Å². The van der Waals surface area contributed by atoms with Gasteiger partial charge in [-0.15, -0.1) is 0 Å². The molecule has 1 fully saturated rings. The summed E-state index contributed by atoms with van der Waals surface area (Å²) >= 11 is 0. The van der Waals surface area contributed by atoms with Gasteiger partial charge in [0, 0.05) is 32.6 Å². The highest BCUT2D eigenvalue weighted by Gasteiger charge is 2.49. The molecule has 1 aliphatic heterocycles. The Bertz CT molecular complexity index is 1330. The van der Waals surface area contributed by atoms with E-state index >= 15 is 0 Å². The number of carbonyl (C=O) groups excluding carboxylic acids is 2.